The van der Waals surface area contributed by atoms with Crippen LogP contribution in [-0.4, -0.2) is 67.4 Å². The highest BCUT2D eigenvalue weighted by Gasteiger charge is 2.23. The molecule has 166 valence electrons. The molecule has 2 saturated heterocycles. The van der Waals surface area contributed by atoms with Crippen LogP contribution >= 0.6 is 11.6 Å². The number of hydrogen-bond acceptors (Lipinski definition) is 5. The Bertz CT molecular complexity index is 876. The van der Waals surface area contributed by atoms with Crippen LogP contribution in [0.5, 0.6) is 0 Å². The molecule has 2 amide bonds. The monoisotopic (exact) mass is 443 g/mol. The molecule has 0 aliphatic carbocycles. The molecule has 2 fully saturated rings. The minimum Gasteiger partial charge on any atom is -0.372 e. The predicted molar refractivity (Wildman–Crippen MR) is 124 cm³/mol. The summed E-state index contributed by atoms with van der Waals surface area (Å²) >= 11 is 6.09. The number of nitrogens with one attached hydrogen (secondary N) is 1. The molecule has 8 heteroatoms. The Kier molecular flexibility index (Phi) is 6.83. The van der Waals surface area contributed by atoms with Crippen LogP contribution in [0.15, 0.2) is 42.6 Å². The third kappa shape index (κ3) is 5.60. The highest BCUT2D eigenvalue weighted by atomic mass is 35.5. The van der Waals surface area contributed by atoms with Crippen molar-refractivity contribution in [1.82, 2.24) is 15.2 Å². The first-order valence-corrected chi connectivity index (χ1v) is 11.2. The molecule has 4 rings (SSSR count). The molecule has 3 heterocycles. The maximum Gasteiger partial charge on any atom is 0.317 e. The van der Waals surface area contributed by atoms with E-state index in [9.17, 15) is 4.79 Å². The number of rotatable bonds is 4. The second-order valence-electron chi connectivity index (χ2n) is 8.30. The number of nitrogens with zero attached hydrogens (tertiary/aromatic N) is 4. The lowest BCUT2D eigenvalue weighted by molar-refractivity contribution is -0.00546. The number of pyridine rings is 1. The first-order valence-electron chi connectivity index (χ1n) is 10.9. The molecule has 1 aromatic heterocycles. The second kappa shape index (κ2) is 9.75. The van der Waals surface area contributed by atoms with Gasteiger partial charge in [-0.1, -0.05) is 23.7 Å². The van der Waals surface area contributed by atoms with E-state index in [0.717, 1.165) is 48.3 Å². The number of anilines is 2. The maximum atomic E-state index is 12.6. The number of morpholine rings is 1. The Morgan fingerprint density at radius 3 is 2.48 bits per heavy atom. The first kappa shape index (κ1) is 21.7. The summed E-state index contributed by atoms with van der Waals surface area (Å²) in [6.07, 6.45) is 2.24. The van der Waals surface area contributed by atoms with Gasteiger partial charge in [0, 0.05) is 62.7 Å². The molecule has 0 spiro atoms. The fraction of sp³-hybridized carbons (Fsp3) is 0.478. The molecule has 2 atom stereocenters. The molecule has 0 saturated carbocycles. The van der Waals surface area contributed by atoms with Crippen LogP contribution in [0.25, 0.3) is 0 Å². The summed E-state index contributed by atoms with van der Waals surface area (Å²) < 4.78 is 5.79. The van der Waals surface area contributed by atoms with Gasteiger partial charge in [-0.05, 0) is 43.7 Å². The summed E-state index contributed by atoms with van der Waals surface area (Å²) in [5.41, 5.74) is 2.09. The molecular formula is C23H30ClN5O2. The third-order valence-electron chi connectivity index (χ3n) is 5.74. The number of carbonyl (C=O) groups excluding carboxylic acids is 1. The normalized spacial score (nSPS) is 21.8. The number of benzene rings is 1. The number of aromatic nitrogens is 1. The summed E-state index contributed by atoms with van der Waals surface area (Å²) in [7, 11) is 0. The van der Waals surface area contributed by atoms with Gasteiger partial charge in [0.15, 0.2) is 0 Å². The zero-order valence-corrected chi connectivity index (χ0v) is 18.9. The number of amides is 2. The van der Waals surface area contributed by atoms with E-state index in [1.54, 1.807) is 0 Å². The molecule has 0 bridgehead atoms. The smallest absolute Gasteiger partial charge is 0.317 e. The summed E-state index contributed by atoms with van der Waals surface area (Å²) in [5, 5.41) is 3.75. The lowest BCUT2D eigenvalue weighted by Gasteiger charge is -2.36. The van der Waals surface area contributed by atoms with Crippen molar-refractivity contribution in [3.63, 3.8) is 0 Å². The minimum atomic E-state index is -0.0364. The molecule has 0 radical (unpaired) electrons. The van der Waals surface area contributed by atoms with Crippen molar-refractivity contribution < 1.29 is 9.53 Å². The number of urea groups is 1. The second-order valence-corrected chi connectivity index (χ2v) is 8.74. The molecule has 2 aromatic rings. The fourth-order valence-corrected chi connectivity index (χ4v) is 4.39. The molecule has 2 unspecified atom stereocenters. The summed E-state index contributed by atoms with van der Waals surface area (Å²) in [5.74, 6) is 0.953. The Balaban J connectivity index is 1.24. The SMILES string of the molecule is CC1CN(c2ccc(CNC(=O)N3CCN(c4cccc(Cl)c4)CC3)cn2)CC(C)O1. The van der Waals surface area contributed by atoms with Gasteiger partial charge in [0.25, 0.3) is 0 Å². The van der Waals surface area contributed by atoms with Crippen molar-refractivity contribution in [2.24, 2.45) is 0 Å². The molecule has 2 aliphatic rings. The molecular weight excluding hydrogens is 414 g/mol. The first-order chi connectivity index (χ1) is 15.0. The van der Waals surface area contributed by atoms with Gasteiger partial charge in [-0.25, -0.2) is 9.78 Å². The topological polar surface area (TPSA) is 60.9 Å². The number of carbonyl (C=O) groups is 1. The van der Waals surface area contributed by atoms with Gasteiger partial charge in [0.2, 0.25) is 0 Å². The Morgan fingerprint density at radius 2 is 1.84 bits per heavy atom. The van der Waals surface area contributed by atoms with Crippen molar-refractivity contribution in [3.8, 4) is 0 Å². The number of hydrogen-bond donors (Lipinski definition) is 1. The van der Waals surface area contributed by atoms with Crippen molar-refractivity contribution in [2.45, 2.75) is 32.6 Å². The van der Waals surface area contributed by atoms with Crippen molar-refractivity contribution in [1.29, 1.82) is 0 Å². The van der Waals surface area contributed by atoms with E-state index in [4.69, 9.17) is 16.3 Å². The summed E-state index contributed by atoms with van der Waals surface area (Å²) in [6.45, 7) is 9.27. The highest BCUT2D eigenvalue weighted by Crippen LogP contribution is 2.21. The van der Waals surface area contributed by atoms with Crippen LogP contribution < -0.4 is 15.1 Å². The van der Waals surface area contributed by atoms with E-state index in [1.807, 2.05) is 41.4 Å². The zero-order valence-electron chi connectivity index (χ0n) is 18.1. The molecule has 7 nitrogen and oxygen atoms in total. The zero-order chi connectivity index (χ0) is 21.8. The summed E-state index contributed by atoms with van der Waals surface area (Å²) in [6, 6.07) is 11.9. The van der Waals surface area contributed by atoms with Crippen molar-refractivity contribution >= 4 is 29.1 Å². The van der Waals surface area contributed by atoms with Gasteiger partial charge >= 0.3 is 6.03 Å². The van der Waals surface area contributed by atoms with Crippen molar-refractivity contribution in [2.75, 3.05) is 49.1 Å². The van der Waals surface area contributed by atoms with E-state index in [-0.39, 0.29) is 18.2 Å². The van der Waals surface area contributed by atoms with Gasteiger partial charge in [0.05, 0.1) is 12.2 Å². The Morgan fingerprint density at radius 1 is 1.10 bits per heavy atom. The van der Waals surface area contributed by atoms with Crippen LogP contribution in [-0.2, 0) is 11.3 Å². The van der Waals surface area contributed by atoms with E-state index < -0.39 is 0 Å². The Labute approximate surface area is 188 Å². The minimum absolute atomic E-state index is 0.0364. The lowest BCUT2D eigenvalue weighted by Crippen LogP contribution is -2.51. The van der Waals surface area contributed by atoms with Crippen LogP contribution in [0, 0.1) is 0 Å². The summed E-state index contributed by atoms with van der Waals surface area (Å²) in [4.78, 5) is 23.6. The number of piperazine rings is 1. The quantitative estimate of drug-likeness (QED) is 0.784. The van der Waals surface area contributed by atoms with Crippen LogP contribution in [0.2, 0.25) is 5.02 Å². The van der Waals surface area contributed by atoms with Crippen LogP contribution in [0.1, 0.15) is 19.4 Å². The predicted octanol–water partition coefficient (Wildman–Crippen LogP) is 3.38. The maximum absolute atomic E-state index is 12.6. The number of ether oxygens (including phenoxy) is 1. The highest BCUT2D eigenvalue weighted by molar-refractivity contribution is 6.30. The average molecular weight is 444 g/mol. The van der Waals surface area contributed by atoms with E-state index in [1.165, 1.54) is 0 Å². The molecule has 31 heavy (non-hydrogen) atoms. The molecule has 1 aromatic carbocycles. The van der Waals surface area contributed by atoms with Crippen LogP contribution in [0.3, 0.4) is 0 Å². The van der Waals surface area contributed by atoms with Gasteiger partial charge < -0.3 is 24.8 Å². The lowest BCUT2D eigenvalue weighted by atomic mass is 10.2. The van der Waals surface area contributed by atoms with E-state index >= 15 is 0 Å². The van der Waals surface area contributed by atoms with Crippen molar-refractivity contribution in [3.05, 3.63) is 53.2 Å². The van der Waals surface area contributed by atoms with Gasteiger partial charge in [-0.15, -0.1) is 0 Å². The molecule has 1 N–H and O–H groups in total. The van der Waals surface area contributed by atoms with E-state index in [0.29, 0.717) is 19.6 Å². The van der Waals surface area contributed by atoms with Crippen LogP contribution in [0.4, 0.5) is 16.3 Å². The fourth-order valence-electron chi connectivity index (χ4n) is 4.20. The number of halogens is 1. The third-order valence-corrected chi connectivity index (χ3v) is 5.97. The molecule has 2 aliphatic heterocycles. The largest absolute Gasteiger partial charge is 0.372 e. The van der Waals surface area contributed by atoms with Gasteiger partial charge in [0.1, 0.15) is 5.82 Å². The average Bonchev–Trinajstić information content (AvgIpc) is 2.77. The Hall–Kier alpha value is -2.51. The van der Waals surface area contributed by atoms with E-state index in [2.05, 4.69) is 40.0 Å². The van der Waals surface area contributed by atoms with Gasteiger partial charge in [-0.3, -0.25) is 0 Å². The van der Waals surface area contributed by atoms with Gasteiger partial charge in [-0.2, -0.15) is 0 Å². The standard InChI is InChI=1S/C23H30ClN5O2/c1-17-15-29(16-18(2)31-17)22-7-6-19(13-25-22)14-26-23(30)28-10-8-27(9-11-28)21-5-3-4-20(24)12-21/h3-7,12-13,17-18H,8-11,14-16H2,1-2H3,(H,26,30).